The average Bonchev–Trinajstić information content (AvgIpc) is 2.80. The lowest BCUT2D eigenvalue weighted by Crippen LogP contribution is -2.33. The summed E-state index contributed by atoms with van der Waals surface area (Å²) in [6, 6.07) is 15.8. The maximum Gasteiger partial charge on any atom is 0.415 e. The Morgan fingerprint density at radius 3 is 2.41 bits per heavy atom. The Balaban J connectivity index is 2.01. The minimum Gasteiger partial charge on any atom is -0.496 e. The molecule has 2 unspecified atom stereocenters. The van der Waals surface area contributed by atoms with Gasteiger partial charge in [-0.2, -0.15) is 0 Å². The van der Waals surface area contributed by atoms with Crippen LogP contribution >= 0.6 is 0 Å². The van der Waals surface area contributed by atoms with E-state index in [-0.39, 0.29) is 18.2 Å². The molecular weight excluding hydrogens is 278 g/mol. The Labute approximate surface area is 130 Å². The van der Waals surface area contributed by atoms with E-state index in [1.807, 2.05) is 62.4 Å². The Morgan fingerprint density at radius 2 is 1.82 bits per heavy atom. The molecule has 0 aromatic heterocycles. The third kappa shape index (κ3) is 2.41. The summed E-state index contributed by atoms with van der Waals surface area (Å²) in [7, 11) is 1.64. The Hall–Kier alpha value is -2.49. The molecule has 0 aliphatic carbocycles. The average molecular weight is 297 g/mol. The van der Waals surface area contributed by atoms with Gasteiger partial charge in [-0.15, -0.1) is 0 Å². The molecule has 2 aromatic carbocycles. The predicted octanol–water partition coefficient (Wildman–Crippen LogP) is 4.10. The fourth-order valence-electron chi connectivity index (χ4n) is 2.72. The van der Waals surface area contributed by atoms with E-state index in [1.165, 1.54) is 0 Å². The molecule has 22 heavy (non-hydrogen) atoms. The molecule has 2 atom stereocenters. The van der Waals surface area contributed by atoms with Crippen molar-refractivity contribution < 1.29 is 14.3 Å². The van der Waals surface area contributed by atoms with Gasteiger partial charge in [0.1, 0.15) is 11.9 Å². The molecular formula is C18H19NO3. The molecule has 3 rings (SSSR count). The summed E-state index contributed by atoms with van der Waals surface area (Å²) in [6.45, 7) is 3.88. The Bertz CT molecular complexity index is 684. The van der Waals surface area contributed by atoms with Gasteiger partial charge in [0.05, 0.1) is 18.8 Å². The number of nitrogens with zero attached hydrogens (tertiary/aromatic N) is 1. The zero-order valence-electron chi connectivity index (χ0n) is 12.9. The maximum atomic E-state index is 12.0. The first kappa shape index (κ1) is 14.4. The second-order valence-electron chi connectivity index (χ2n) is 5.45. The number of ether oxygens (including phenoxy) is 2. The first-order valence-electron chi connectivity index (χ1n) is 7.35. The molecule has 0 N–H and O–H groups in total. The zero-order valence-corrected chi connectivity index (χ0v) is 12.9. The predicted molar refractivity (Wildman–Crippen MR) is 86.3 cm³/mol. The van der Waals surface area contributed by atoms with E-state index in [1.54, 1.807) is 12.0 Å². The van der Waals surface area contributed by atoms with E-state index in [4.69, 9.17) is 9.47 Å². The van der Waals surface area contributed by atoms with E-state index < -0.39 is 0 Å². The van der Waals surface area contributed by atoms with Gasteiger partial charge in [-0.05, 0) is 31.5 Å². The topological polar surface area (TPSA) is 38.8 Å². The quantitative estimate of drug-likeness (QED) is 0.856. The number of benzene rings is 2. The van der Waals surface area contributed by atoms with Crippen LogP contribution < -0.4 is 9.64 Å². The number of anilines is 1. The third-order valence-corrected chi connectivity index (χ3v) is 4.12. The molecule has 0 spiro atoms. The number of rotatable bonds is 3. The van der Waals surface area contributed by atoms with Gasteiger partial charge >= 0.3 is 6.09 Å². The van der Waals surface area contributed by atoms with Crippen LogP contribution in [0.15, 0.2) is 48.5 Å². The first-order chi connectivity index (χ1) is 10.6. The third-order valence-electron chi connectivity index (χ3n) is 4.12. The lowest BCUT2D eigenvalue weighted by molar-refractivity contribution is 0.143. The number of cyclic esters (lactones) is 1. The van der Waals surface area contributed by atoms with Gasteiger partial charge in [0.15, 0.2) is 0 Å². The standard InChI is InChI=1S/C18H19NO3/c1-12-13(2)22-18(20)19(12)15-9-10-16(17(11-15)21-3)14-7-5-4-6-8-14/h4-13H,1-3H3. The van der Waals surface area contributed by atoms with Crippen LogP contribution in [0.2, 0.25) is 0 Å². The van der Waals surface area contributed by atoms with Gasteiger partial charge in [0, 0.05) is 11.6 Å². The van der Waals surface area contributed by atoms with Crippen molar-refractivity contribution in [3.8, 4) is 16.9 Å². The van der Waals surface area contributed by atoms with Crippen LogP contribution in [-0.4, -0.2) is 25.3 Å². The van der Waals surface area contributed by atoms with Crippen molar-refractivity contribution in [1.29, 1.82) is 0 Å². The van der Waals surface area contributed by atoms with Gasteiger partial charge in [0.2, 0.25) is 0 Å². The number of carbonyl (C=O) groups excluding carboxylic acids is 1. The molecule has 0 saturated carbocycles. The highest BCUT2D eigenvalue weighted by atomic mass is 16.6. The summed E-state index contributed by atoms with van der Waals surface area (Å²) >= 11 is 0. The summed E-state index contributed by atoms with van der Waals surface area (Å²) < 4.78 is 10.8. The van der Waals surface area contributed by atoms with Crippen LogP contribution in [0.1, 0.15) is 13.8 Å². The van der Waals surface area contributed by atoms with Crippen LogP contribution in [0.3, 0.4) is 0 Å². The largest absolute Gasteiger partial charge is 0.496 e. The molecule has 1 amide bonds. The highest BCUT2D eigenvalue weighted by molar-refractivity contribution is 5.91. The van der Waals surface area contributed by atoms with Crippen molar-refractivity contribution in [3.05, 3.63) is 48.5 Å². The first-order valence-corrected chi connectivity index (χ1v) is 7.35. The van der Waals surface area contributed by atoms with Crippen LogP contribution in [0, 0.1) is 0 Å². The summed E-state index contributed by atoms with van der Waals surface area (Å²) in [6.07, 6.45) is -0.429. The van der Waals surface area contributed by atoms with E-state index >= 15 is 0 Å². The molecule has 114 valence electrons. The molecule has 1 aliphatic heterocycles. The lowest BCUT2D eigenvalue weighted by atomic mass is 10.0. The van der Waals surface area contributed by atoms with Crippen molar-refractivity contribution in [1.82, 2.24) is 0 Å². The van der Waals surface area contributed by atoms with Crippen LogP contribution in [-0.2, 0) is 4.74 Å². The smallest absolute Gasteiger partial charge is 0.415 e. The number of hydrogen-bond acceptors (Lipinski definition) is 3. The maximum absolute atomic E-state index is 12.0. The van der Waals surface area contributed by atoms with Crippen molar-refractivity contribution in [2.45, 2.75) is 26.0 Å². The number of amides is 1. The van der Waals surface area contributed by atoms with E-state index in [0.29, 0.717) is 0 Å². The van der Waals surface area contributed by atoms with Crippen LogP contribution in [0.5, 0.6) is 5.75 Å². The van der Waals surface area contributed by atoms with Gasteiger partial charge in [-0.1, -0.05) is 30.3 Å². The molecule has 1 heterocycles. The van der Waals surface area contributed by atoms with Crippen molar-refractivity contribution >= 4 is 11.8 Å². The van der Waals surface area contributed by atoms with Gasteiger partial charge in [-0.3, -0.25) is 4.90 Å². The van der Waals surface area contributed by atoms with E-state index in [0.717, 1.165) is 22.6 Å². The molecule has 4 nitrogen and oxygen atoms in total. The van der Waals surface area contributed by atoms with Crippen molar-refractivity contribution in [3.63, 3.8) is 0 Å². The van der Waals surface area contributed by atoms with Gasteiger partial charge in [0.25, 0.3) is 0 Å². The molecule has 1 saturated heterocycles. The summed E-state index contributed by atoms with van der Waals surface area (Å²) in [5.74, 6) is 0.739. The number of methoxy groups -OCH3 is 1. The molecule has 0 bridgehead atoms. The van der Waals surface area contributed by atoms with Crippen LogP contribution in [0.4, 0.5) is 10.5 Å². The van der Waals surface area contributed by atoms with Gasteiger partial charge < -0.3 is 9.47 Å². The molecule has 0 radical (unpaired) electrons. The SMILES string of the molecule is COc1cc(N2C(=O)OC(C)C2C)ccc1-c1ccccc1. The minimum atomic E-state index is -0.311. The lowest BCUT2D eigenvalue weighted by Gasteiger charge is -2.21. The highest BCUT2D eigenvalue weighted by Gasteiger charge is 2.37. The summed E-state index contributed by atoms with van der Waals surface area (Å²) in [4.78, 5) is 13.7. The molecule has 1 aliphatic rings. The summed E-state index contributed by atoms with van der Waals surface area (Å²) in [5, 5.41) is 0. The van der Waals surface area contributed by atoms with Gasteiger partial charge in [-0.25, -0.2) is 4.79 Å². The van der Waals surface area contributed by atoms with E-state index in [2.05, 4.69) is 0 Å². The molecule has 2 aromatic rings. The molecule has 1 fully saturated rings. The van der Waals surface area contributed by atoms with Crippen molar-refractivity contribution in [2.24, 2.45) is 0 Å². The second kappa shape index (κ2) is 5.72. The van der Waals surface area contributed by atoms with E-state index in [9.17, 15) is 4.79 Å². The fourth-order valence-corrected chi connectivity index (χ4v) is 2.72. The zero-order chi connectivity index (χ0) is 15.7. The Morgan fingerprint density at radius 1 is 1.09 bits per heavy atom. The normalized spacial score (nSPS) is 20.9. The summed E-state index contributed by atoms with van der Waals surface area (Å²) in [5.41, 5.74) is 2.87. The molecule has 4 heteroatoms. The minimum absolute atomic E-state index is 0.000202. The fraction of sp³-hybridized carbons (Fsp3) is 0.278. The van der Waals surface area contributed by atoms with Crippen LogP contribution in [0.25, 0.3) is 11.1 Å². The number of hydrogen-bond donors (Lipinski definition) is 0. The Kier molecular flexibility index (Phi) is 3.75. The highest BCUT2D eigenvalue weighted by Crippen LogP contribution is 2.36. The van der Waals surface area contributed by atoms with Crippen molar-refractivity contribution in [2.75, 3.05) is 12.0 Å². The second-order valence-corrected chi connectivity index (χ2v) is 5.45. The number of carbonyl (C=O) groups is 1. The monoisotopic (exact) mass is 297 g/mol.